The molecular formula is C11H18N2O3. The zero-order valence-electron chi connectivity index (χ0n) is 9.24. The Morgan fingerprint density at radius 2 is 2.06 bits per heavy atom. The Bertz CT molecular complexity index is 271. The smallest absolute Gasteiger partial charge is 0.320 e. The summed E-state index contributed by atoms with van der Waals surface area (Å²) in [6, 6.07) is -0.796. The highest BCUT2D eigenvalue weighted by atomic mass is 16.4. The summed E-state index contributed by atoms with van der Waals surface area (Å²) in [7, 11) is 0. The van der Waals surface area contributed by atoms with Crippen LogP contribution in [0.1, 0.15) is 32.1 Å². The summed E-state index contributed by atoms with van der Waals surface area (Å²) >= 11 is 0. The summed E-state index contributed by atoms with van der Waals surface area (Å²) in [6.45, 7) is 0.253. The van der Waals surface area contributed by atoms with Crippen LogP contribution in [0.5, 0.6) is 0 Å². The lowest BCUT2D eigenvalue weighted by atomic mass is 10.1. The number of unbranched alkanes of at least 4 members (excludes halogenated alkanes) is 2. The Balaban J connectivity index is 3.37. The molecule has 0 bridgehead atoms. The Labute approximate surface area is 95.4 Å². The molecular weight excluding hydrogens is 208 g/mol. The fourth-order valence-corrected chi connectivity index (χ4v) is 1.19. The first-order valence-corrected chi connectivity index (χ1v) is 5.26. The van der Waals surface area contributed by atoms with Gasteiger partial charge in [0.25, 0.3) is 0 Å². The number of hydrogen-bond acceptors (Lipinski definition) is 3. The third kappa shape index (κ3) is 7.83. The number of nitrogens with one attached hydrogen (secondary N) is 1. The second-order valence-electron chi connectivity index (χ2n) is 3.52. The number of rotatable bonds is 8. The first-order valence-electron chi connectivity index (χ1n) is 5.26. The van der Waals surface area contributed by atoms with Crippen LogP contribution in [0.2, 0.25) is 0 Å². The zero-order valence-corrected chi connectivity index (χ0v) is 9.24. The summed E-state index contributed by atoms with van der Waals surface area (Å²) in [6.07, 6.45) is 8.09. The maximum Gasteiger partial charge on any atom is 0.320 e. The van der Waals surface area contributed by atoms with Crippen molar-refractivity contribution >= 4 is 11.9 Å². The summed E-state index contributed by atoms with van der Waals surface area (Å²) in [5.41, 5.74) is 5.32. The Kier molecular flexibility index (Phi) is 7.90. The Morgan fingerprint density at radius 1 is 1.38 bits per heavy atom. The fraction of sp³-hybridized carbons (Fsp3) is 0.636. The van der Waals surface area contributed by atoms with Gasteiger partial charge in [-0.05, 0) is 12.8 Å². The van der Waals surface area contributed by atoms with E-state index in [1.807, 2.05) is 0 Å². The number of nitrogens with two attached hydrogens (primary N) is 1. The van der Waals surface area contributed by atoms with Crippen LogP contribution in [0, 0.1) is 12.3 Å². The molecule has 1 atom stereocenters. The molecule has 16 heavy (non-hydrogen) atoms. The SMILES string of the molecule is C#CCNC(=O)CCCCC[C@H](N)C(=O)O. The normalized spacial score (nSPS) is 11.5. The Hall–Kier alpha value is -1.54. The molecule has 0 rings (SSSR count). The van der Waals surface area contributed by atoms with Crippen molar-refractivity contribution in [1.82, 2.24) is 5.32 Å². The number of carboxylic acid groups (broad SMARTS) is 1. The Morgan fingerprint density at radius 3 is 2.62 bits per heavy atom. The molecule has 4 N–H and O–H groups in total. The predicted octanol–water partition coefficient (Wildman–Crippen LogP) is 0.0982. The lowest BCUT2D eigenvalue weighted by molar-refractivity contribution is -0.138. The van der Waals surface area contributed by atoms with Crippen molar-refractivity contribution in [2.75, 3.05) is 6.54 Å². The van der Waals surface area contributed by atoms with Gasteiger partial charge in [0.1, 0.15) is 6.04 Å². The highest BCUT2D eigenvalue weighted by Crippen LogP contribution is 2.04. The highest BCUT2D eigenvalue weighted by molar-refractivity contribution is 5.76. The van der Waals surface area contributed by atoms with Gasteiger partial charge in [0, 0.05) is 6.42 Å². The first-order chi connectivity index (χ1) is 7.57. The summed E-state index contributed by atoms with van der Waals surface area (Å²) < 4.78 is 0. The minimum atomic E-state index is -0.980. The van der Waals surface area contributed by atoms with Crippen LogP contribution in [-0.2, 0) is 9.59 Å². The van der Waals surface area contributed by atoms with E-state index in [0.717, 1.165) is 19.3 Å². The molecule has 0 aliphatic rings. The van der Waals surface area contributed by atoms with Crippen LogP contribution in [0.25, 0.3) is 0 Å². The van der Waals surface area contributed by atoms with E-state index in [9.17, 15) is 9.59 Å². The average molecular weight is 226 g/mol. The quantitative estimate of drug-likeness (QED) is 0.404. The summed E-state index contributed by atoms with van der Waals surface area (Å²) in [5.74, 6) is 1.26. The molecule has 0 aromatic heterocycles. The second kappa shape index (κ2) is 8.74. The van der Waals surface area contributed by atoms with Gasteiger partial charge in [-0.3, -0.25) is 9.59 Å². The number of carbonyl (C=O) groups is 2. The van der Waals surface area contributed by atoms with Gasteiger partial charge >= 0.3 is 5.97 Å². The van der Waals surface area contributed by atoms with Gasteiger partial charge in [-0.15, -0.1) is 6.42 Å². The average Bonchev–Trinajstić information content (AvgIpc) is 2.25. The molecule has 0 fully saturated rings. The van der Waals surface area contributed by atoms with Crippen molar-refractivity contribution in [2.24, 2.45) is 5.73 Å². The molecule has 5 nitrogen and oxygen atoms in total. The van der Waals surface area contributed by atoms with Crippen molar-refractivity contribution in [3.63, 3.8) is 0 Å². The molecule has 0 saturated carbocycles. The van der Waals surface area contributed by atoms with Crippen LogP contribution in [0.4, 0.5) is 0 Å². The van der Waals surface area contributed by atoms with E-state index in [0.29, 0.717) is 12.8 Å². The standard InChI is InChI=1S/C11H18N2O3/c1-2-8-13-10(14)7-5-3-4-6-9(12)11(15)16/h1,9H,3-8,12H2,(H,13,14)(H,15,16)/t9-/m0/s1. The lowest BCUT2D eigenvalue weighted by Gasteiger charge is -2.05. The number of amides is 1. The maximum absolute atomic E-state index is 11.1. The van der Waals surface area contributed by atoms with Crippen molar-refractivity contribution in [3.05, 3.63) is 0 Å². The first kappa shape index (κ1) is 14.5. The molecule has 0 aromatic carbocycles. The molecule has 0 spiro atoms. The number of carbonyl (C=O) groups excluding carboxylic acids is 1. The maximum atomic E-state index is 11.1. The van der Waals surface area contributed by atoms with Gasteiger partial charge in [0.05, 0.1) is 6.54 Å². The molecule has 0 aliphatic heterocycles. The van der Waals surface area contributed by atoms with Gasteiger partial charge in [-0.1, -0.05) is 18.8 Å². The molecule has 0 saturated heterocycles. The largest absolute Gasteiger partial charge is 0.480 e. The third-order valence-electron chi connectivity index (χ3n) is 2.12. The minimum Gasteiger partial charge on any atom is -0.480 e. The van der Waals surface area contributed by atoms with Crippen LogP contribution in [-0.4, -0.2) is 29.6 Å². The lowest BCUT2D eigenvalue weighted by Crippen LogP contribution is -2.29. The van der Waals surface area contributed by atoms with Gasteiger partial charge in [0.15, 0.2) is 0 Å². The van der Waals surface area contributed by atoms with Gasteiger partial charge in [0.2, 0.25) is 5.91 Å². The van der Waals surface area contributed by atoms with E-state index in [1.165, 1.54) is 0 Å². The number of aliphatic carboxylic acids is 1. The fourth-order valence-electron chi connectivity index (χ4n) is 1.19. The topological polar surface area (TPSA) is 92.4 Å². The van der Waals surface area contributed by atoms with E-state index in [4.69, 9.17) is 17.3 Å². The van der Waals surface area contributed by atoms with E-state index >= 15 is 0 Å². The van der Waals surface area contributed by atoms with E-state index in [-0.39, 0.29) is 12.5 Å². The van der Waals surface area contributed by atoms with Gasteiger partial charge in [-0.2, -0.15) is 0 Å². The molecule has 5 heteroatoms. The number of terminal acetylenes is 1. The molecule has 0 radical (unpaired) electrons. The van der Waals surface area contributed by atoms with Gasteiger partial charge < -0.3 is 16.2 Å². The molecule has 0 unspecified atom stereocenters. The van der Waals surface area contributed by atoms with E-state index < -0.39 is 12.0 Å². The third-order valence-corrected chi connectivity index (χ3v) is 2.12. The van der Waals surface area contributed by atoms with Crippen LogP contribution < -0.4 is 11.1 Å². The van der Waals surface area contributed by atoms with Gasteiger partial charge in [-0.25, -0.2) is 0 Å². The van der Waals surface area contributed by atoms with Crippen LogP contribution in [0.15, 0.2) is 0 Å². The van der Waals surface area contributed by atoms with Crippen LogP contribution >= 0.6 is 0 Å². The highest BCUT2D eigenvalue weighted by Gasteiger charge is 2.10. The van der Waals surface area contributed by atoms with Crippen molar-refractivity contribution < 1.29 is 14.7 Å². The van der Waals surface area contributed by atoms with Crippen molar-refractivity contribution in [1.29, 1.82) is 0 Å². The van der Waals surface area contributed by atoms with Crippen molar-refractivity contribution in [2.45, 2.75) is 38.1 Å². The molecule has 90 valence electrons. The van der Waals surface area contributed by atoms with E-state index in [2.05, 4.69) is 11.2 Å². The zero-order chi connectivity index (χ0) is 12.4. The molecule has 0 aliphatic carbocycles. The minimum absolute atomic E-state index is 0.0690. The number of carboxylic acids is 1. The summed E-state index contributed by atoms with van der Waals surface area (Å²) in [5, 5.41) is 11.1. The number of hydrogen-bond donors (Lipinski definition) is 3. The monoisotopic (exact) mass is 226 g/mol. The molecule has 0 aromatic rings. The van der Waals surface area contributed by atoms with Crippen molar-refractivity contribution in [3.8, 4) is 12.3 Å². The molecule has 1 amide bonds. The second-order valence-corrected chi connectivity index (χ2v) is 3.52. The summed E-state index contributed by atoms with van der Waals surface area (Å²) in [4.78, 5) is 21.5. The predicted molar refractivity (Wildman–Crippen MR) is 60.5 cm³/mol. The van der Waals surface area contributed by atoms with E-state index in [1.54, 1.807) is 0 Å². The van der Waals surface area contributed by atoms with Crippen LogP contribution in [0.3, 0.4) is 0 Å². The molecule has 0 heterocycles.